The Morgan fingerprint density at radius 2 is 1.96 bits per heavy atom. The predicted molar refractivity (Wildman–Crippen MR) is 178 cm³/mol. The van der Waals surface area contributed by atoms with Gasteiger partial charge in [-0.2, -0.15) is 8.42 Å². The number of carbonyl (C=O) groups excluding carboxylic acids is 1. The van der Waals surface area contributed by atoms with E-state index in [-0.39, 0.29) is 18.8 Å². The highest BCUT2D eigenvalue weighted by atomic mass is 32.2. The minimum Gasteiger partial charge on any atom is -0.461 e. The van der Waals surface area contributed by atoms with Crippen LogP contribution in [0.4, 0.5) is 4.39 Å². The van der Waals surface area contributed by atoms with Gasteiger partial charge in [0.2, 0.25) is 0 Å². The molecule has 0 spiro atoms. The van der Waals surface area contributed by atoms with E-state index in [2.05, 4.69) is 8.96 Å². The largest absolute Gasteiger partial charge is 0.461 e. The van der Waals surface area contributed by atoms with Crippen LogP contribution in [-0.2, 0) is 33.3 Å². The molecular formula is C34H39FN4O5S2. The van der Waals surface area contributed by atoms with Crippen LogP contribution < -0.4 is 0 Å². The maximum atomic E-state index is 15.4. The zero-order valence-electron chi connectivity index (χ0n) is 26.9. The molecule has 4 aromatic rings. The molecule has 0 amide bonds. The van der Waals surface area contributed by atoms with E-state index in [0.29, 0.717) is 16.5 Å². The third kappa shape index (κ3) is 7.40. The highest BCUT2D eigenvalue weighted by Gasteiger charge is 2.30. The van der Waals surface area contributed by atoms with Crippen molar-refractivity contribution in [1.82, 2.24) is 14.5 Å². The van der Waals surface area contributed by atoms with Crippen LogP contribution in [0.2, 0.25) is 0 Å². The van der Waals surface area contributed by atoms with Gasteiger partial charge in [-0.15, -0.1) is 15.7 Å². The first-order chi connectivity index (χ1) is 21.7. The maximum absolute atomic E-state index is 15.4. The van der Waals surface area contributed by atoms with E-state index in [4.69, 9.17) is 9.72 Å². The number of hydrogen-bond donors (Lipinski definition) is 1. The van der Waals surface area contributed by atoms with Crippen molar-refractivity contribution >= 4 is 33.7 Å². The third-order valence-corrected chi connectivity index (χ3v) is 10.0. The summed E-state index contributed by atoms with van der Waals surface area (Å²) in [6.45, 7) is 7.55. The van der Waals surface area contributed by atoms with Gasteiger partial charge < -0.3 is 19.3 Å². The SMILES string of the molecule is CCOC(=O)c1nc(-c2cc(-c3cccc(C(C)(C)O)c3)n(Cc3ccc(S(=O)(=O)N=CN(C)C)c(F)c3)c2CC2CC2)sc1C. The standard InChI is InChI=1S/C34H39FN4O5S2/c1-7-44-33(40)31-21(2)45-32(37-31)26-18-28(24-9-8-10-25(17-24)34(3,4)41)39(29(26)16-22-11-12-22)19-23-13-14-30(27(35)15-23)46(42,43)36-20-38(5)6/h8-10,13-15,17-18,20,22,41H,7,11-12,16,19H2,1-6H3. The summed E-state index contributed by atoms with van der Waals surface area (Å²) in [6.07, 6.45) is 4.06. The summed E-state index contributed by atoms with van der Waals surface area (Å²) in [5.74, 6) is -0.874. The van der Waals surface area contributed by atoms with E-state index in [1.165, 1.54) is 28.4 Å². The molecule has 1 N–H and O–H groups in total. The first-order valence-corrected chi connectivity index (χ1v) is 17.4. The van der Waals surface area contributed by atoms with Gasteiger partial charge >= 0.3 is 5.97 Å². The summed E-state index contributed by atoms with van der Waals surface area (Å²) >= 11 is 1.42. The molecule has 0 unspecified atom stereocenters. The zero-order valence-corrected chi connectivity index (χ0v) is 28.5. The van der Waals surface area contributed by atoms with Gasteiger partial charge in [0.05, 0.1) is 12.2 Å². The van der Waals surface area contributed by atoms with Crippen molar-refractivity contribution in [1.29, 1.82) is 0 Å². The van der Waals surface area contributed by atoms with Crippen LogP contribution in [0.5, 0.6) is 0 Å². The van der Waals surface area contributed by atoms with Crippen LogP contribution in [0.1, 0.15) is 65.8 Å². The third-order valence-electron chi connectivity index (χ3n) is 7.78. The highest BCUT2D eigenvalue weighted by Crippen LogP contribution is 2.42. The quantitative estimate of drug-likeness (QED) is 0.106. The molecule has 12 heteroatoms. The molecule has 2 aromatic carbocycles. The Hall–Kier alpha value is -3.87. The number of rotatable bonds is 12. The summed E-state index contributed by atoms with van der Waals surface area (Å²) in [6, 6.07) is 13.8. The van der Waals surface area contributed by atoms with Gasteiger partial charge in [-0.1, -0.05) is 24.3 Å². The number of sulfonamides is 1. The molecule has 244 valence electrons. The average Bonchev–Trinajstić information content (AvgIpc) is 3.62. The van der Waals surface area contributed by atoms with E-state index in [1.807, 2.05) is 37.3 Å². The molecule has 9 nitrogen and oxygen atoms in total. The Morgan fingerprint density at radius 3 is 2.59 bits per heavy atom. The Morgan fingerprint density at radius 1 is 1.22 bits per heavy atom. The summed E-state index contributed by atoms with van der Waals surface area (Å²) in [4.78, 5) is 19.1. The Kier molecular flexibility index (Phi) is 9.53. The number of thiazole rings is 1. The fourth-order valence-electron chi connectivity index (χ4n) is 5.22. The second-order valence-corrected chi connectivity index (χ2v) is 15.1. The Balaban J connectivity index is 1.67. The molecule has 0 atom stereocenters. The molecule has 1 aliphatic carbocycles. The van der Waals surface area contributed by atoms with Crippen LogP contribution >= 0.6 is 11.3 Å². The lowest BCUT2D eigenvalue weighted by Gasteiger charge is -2.20. The van der Waals surface area contributed by atoms with Crippen molar-refractivity contribution in [3.8, 4) is 21.8 Å². The smallest absolute Gasteiger partial charge is 0.358 e. The van der Waals surface area contributed by atoms with Crippen LogP contribution in [0.15, 0.2) is 57.8 Å². The number of aromatic nitrogens is 2. The van der Waals surface area contributed by atoms with Crippen molar-refractivity contribution in [3.05, 3.63) is 81.7 Å². The van der Waals surface area contributed by atoms with Crippen molar-refractivity contribution in [2.24, 2.45) is 10.3 Å². The lowest BCUT2D eigenvalue weighted by atomic mass is 9.95. The molecule has 2 heterocycles. The van der Waals surface area contributed by atoms with Crippen molar-refractivity contribution in [2.45, 2.75) is 64.0 Å². The number of aryl methyl sites for hydroxylation is 1. The molecule has 2 aromatic heterocycles. The minimum absolute atomic E-state index is 0.245. The maximum Gasteiger partial charge on any atom is 0.358 e. The van der Waals surface area contributed by atoms with Gasteiger partial charge in [-0.25, -0.2) is 14.2 Å². The number of benzene rings is 2. The number of ether oxygens (including phenoxy) is 1. The van der Waals surface area contributed by atoms with Gasteiger partial charge in [0.25, 0.3) is 10.0 Å². The number of aliphatic hydroxyl groups is 1. The van der Waals surface area contributed by atoms with Crippen LogP contribution in [0, 0.1) is 18.7 Å². The summed E-state index contributed by atoms with van der Waals surface area (Å²) < 4.78 is 51.8. The average molecular weight is 667 g/mol. The summed E-state index contributed by atoms with van der Waals surface area (Å²) in [5, 5.41) is 11.5. The van der Waals surface area contributed by atoms with E-state index in [9.17, 15) is 18.3 Å². The van der Waals surface area contributed by atoms with Crippen molar-refractivity contribution < 1.29 is 27.4 Å². The number of halogens is 1. The van der Waals surface area contributed by atoms with Crippen molar-refractivity contribution in [3.63, 3.8) is 0 Å². The molecule has 1 fully saturated rings. The van der Waals surface area contributed by atoms with E-state index < -0.39 is 32.3 Å². The topological polar surface area (TPSA) is 114 Å². The van der Waals surface area contributed by atoms with Crippen LogP contribution in [0.3, 0.4) is 0 Å². The molecule has 0 bridgehead atoms. The van der Waals surface area contributed by atoms with Crippen molar-refractivity contribution in [2.75, 3.05) is 20.7 Å². The fourth-order valence-corrected chi connectivity index (χ4v) is 7.13. The monoisotopic (exact) mass is 666 g/mol. The number of esters is 1. The lowest BCUT2D eigenvalue weighted by Crippen LogP contribution is -2.15. The van der Waals surface area contributed by atoms with Gasteiger partial charge in [-0.3, -0.25) is 0 Å². The lowest BCUT2D eigenvalue weighted by molar-refractivity contribution is 0.0519. The normalized spacial score (nSPS) is 13.8. The Labute approximate surface area is 273 Å². The second kappa shape index (κ2) is 13.1. The fraction of sp³-hybridized carbons (Fsp3) is 0.382. The molecule has 0 aliphatic heterocycles. The molecular weight excluding hydrogens is 628 g/mol. The summed E-state index contributed by atoms with van der Waals surface area (Å²) in [7, 11) is -0.974. The van der Waals surface area contributed by atoms with Gasteiger partial charge in [0.1, 0.15) is 22.1 Å². The van der Waals surface area contributed by atoms with Gasteiger partial charge in [0.15, 0.2) is 5.69 Å². The molecule has 5 rings (SSSR count). The zero-order chi connectivity index (χ0) is 33.4. The number of hydrogen-bond acceptors (Lipinski definition) is 7. The van der Waals surface area contributed by atoms with Gasteiger partial charge in [-0.05, 0) is 93.8 Å². The number of nitrogens with zero attached hydrogens (tertiary/aromatic N) is 4. The molecule has 46 heavy (non-hydrogen) atoms. The molecule has 0 radical (unpaired) electrons. The van der Waals surface area contributed by atoms with E-state index in [0.717, 1.165) is 58.6 Å². The van der Waals surface area contributed by atoms with Gasteiger partial charge in [0, 0.05) is 42.5 Å². The predicted octanol–water partition coefficient (Wildman–Crippen LogP) is 6.41. The van der Waals surface area contributed by atoms with E-state index in [1.54, 1.807) is 40.9 Å². The molecule has 1 saturated carbocycles. The van der Waals surface area contributed by atoms with Crippen LogP contribution in [0.25, 0.3) is 21.8 Å². The second-order valence-electron chi connectivity index (χ2n) is 12.3. The number of carbonyl (C=O) groups is 1. The van der Waals surface area contributed by atoms with Crippen LogP contribution in [-0.4, -0.2) is 61.0 Å². The van der Waals surface area contributed by atoms with E-state index >= 15 is 4.39 Å². The Bertz CT molecular complexity index is 1900. The summed E-state index contributed by atoms with van der Waals surface area (Å²) in [5.41, 5.74) is 4.04. The molecule has 0 saturated heterocycles. The highest BCUT2D eigenvalue weighted by molar-refractivity contribution is 7.90. The molecule has 1 aliphatic rings. The first-order valence-electron chi connectivity index (χ1n) is 15.1. The minimum atomic E-state index is -4.23. The first kappa shape index (κ1) is 33.5.